The molecule has 0 aliphatic rings. The van der Waals surface area contributed by atoms with E-state index in [1.54, 1.807) is 0 Å². The minimum atomic E-state index is -0.409. The zero-order valence-corrected chi connectivity index (χ0v) is 16.8. The molecule has 0 spiro atoms. The highest BCUT2D eigenvalue weighted by Gasteiger charge is 2.10. The molecule has 0 atom stereocenters. The minimum absolute atomic E-state index is 0.0119. The lowest BCUT2D eigenvalue weighted by Crippen LogP contribution is -2.21. The molecule has 0 bridgehead atoms. The van der Waals surface area contributed by atoms with E-state index in [2.05, 4.69) is 25.3 Å². The largest absolute Gasteiger partial charge is 0.493 e. The molecule has 5 nitrogen and oxygen atoms in total. The molecule has 27 heavy (non-hydrogen) atoms. The Hall–Kier alpha value is -2.21. The molecule has 2 rings (SSSR count). The summed E-state index contributed by atoms with van der Waals surface area (Å²) in [6.45, 7) is 9.94. The van der Waals surface area contributed by atoms with E-state index in [9.17, 15) is 9.59 Å². The molecule has 146 valence electrons. The Bertz CT molecular complexity index is 827. The maximum atomic E-state index is 11.9. The van der Waals surface area contributed by atoms with E-state index in [4.69, 9.17) is 9.15 Å². The number of hydrogen-bond donors (Lipinski definition) is 0. The first-order valence-electron chi connectivity index (χ1n) is 9.33. The fourth-order valence-corrected chi connectivity index (χ4v) is 3.49. The van der Waals surface area contributed by atoms with Crippen LogP contribution in [0.4, 0.5) is 5.69 Å². The number of nitrogens with zero attached hydrogens (tertiary/aromatic N) is 1. The second-order valence-electron chi connectivity index (χ2n) is 6.06. The second kappa shape index (κ2) is 10.8. The summed E-state index contributed by atoms with van der Waals surface area (Å²) in [4.78, 5) is 25.2. The number of carbonyl (C=O) groups is 1. The first-order chi connectivity index (χ1) is 13.1. The molecule has 0 amide bonds. The van der Waals surface area contributed by atoms with Crippen LogP contribution >= 0.6 is 11.8 Å². The van der Waals surface area contributed by atoms with Crippen LogP contribution in [0.25, 0.3) is 11.0 Å². The number of ether oxygens (including phenoxy) is 1. The fraction of sp³-hybridized carbons (Fsp3) is 0.429. The summed E-state index contributed by atoms with van der Waals surface area (Å²) in [6.07, 6.45) is 4.11. The van der Waals surface area contributed by atoms with Gasteiger partial charge in [0.05, 0.1) is 18.1 Å². The quantitative estimate of drug-likeness (QED) is 0.317. The molecule has 0 N–H and O–H groups in total. The van der Waals surface area contributed by atoms with Crippen molar-refractivity contribution in [3.8, 4) is 5.75 Å². The predicted molar refractivity (Wildman–Crippen MR) is 113 cm³/mol. The molecule has 0 radical (unpaired) electrons. The summed E-state index contributed by atoms with van der Waals surface area (Å²) in [7, 11) is 0. The molecule has 0 fully saturated rings. The third-order valence-corrected chi connectivity index (χ3v) is 5.22. The SMILES string of the molecule is C=CC(=O)SCCCCCOc1cc(=O)oc2cc(N(CC)CC)ccc12. The maximum absolute atomic E-state index is 11.9. The van der Waals surface area contributed by atoms with E-state index < -0.39 is 5.63 Å². The summed E-state index contributed by atoms with van der Waals surface area (Å²) < 4.78 is 11.2. The van der Waals surface area contributed by atoms with Crippen molar-refractivity contribution in [1.29, 1.82) is 0 Å². The molecular formula is C21H27NO4S. The van der Waals surface area contributed by atoms with Gasteiger partial charge in [0.1, 0.15) is 11.3 Å². The Morgan fingerprint density at radius 2 is 2.00 bits per heavy atom. The Balaban J connectivity index is 1.96. The standard InChI is InChI=1S/C21H27NO4S/c1-4-21(24)27-13-9-7-8-12-25-18-15-20(23)26-19-14-16(10-11-17(18)19)22(5-2)6-3/h4,10-11,14-15H,1,5-9,12-13H2,2-3H3. The monoisotopic (exact) mass is 389 g/mol. The van der Waals surface area contributed by atoms with Crippen molar-refractivity contribution < 1.29 is 13.9 Å². The van der Waals surface area contributed by atoms with Crippen LogP contribution in [-0.4, -0.2) is 30.6 Å². The number of hydrogen-bond acceptors (Lipinski definition) is 6. The van der Waals surface area contributed by atoms with Crippen molar-refractivity contribution in [2.45, 2.75) is 33.1 Å². The highest BCUT2D eigenvalue weighted by molar-refractivity contribution is 8.14. The molecule has 1 heterocycles. The first-order valence-corrected chi connectivity index (χ1v) is 10.3. The van der Waals surface area contributed by atoms with Crippen molar-refractivity contribution in [2.24, 2.45) is 0 Å². The molecule has 0 saturated heterocycles. The number of benzene rings is 1. The van der Waals surface area contributed by atoms with Gasteiger partial charge in [-0.15, -0.1) is 0 Å². The first kappa shape index (κ1) is 21.1. The van der Waals surface area contributed by atoms with E-state index in [1.165, 1.54) is 23.9 Å². The zero-order valence-electron chi connectivity index (χ0n) is 16.0. The molecule has 1 aromatic carbocycles. The van der Waals surface area contributed by atoms with Gasteiger partial charge >= 0.3 is 5.63 Å². The van der Waals surface area contributed by atoms with E-state index in [-0.39, 0.29) is 5.12 Å². The number of fused-ring (bicyclic) bond motifs is 1. The summed E-state index contributed by atoms with van der Waals surface area (Å²) in [5.74, 6) is 1.35. The lowest BCUT2D eigenvalue weighted by molar-refractivity contribution is -0.107. The summed E-state index contributed by atoms with van der Waals surface area (Å²) in [5, 5.41) is 0.815. The highest BCUT2D eigenvalue weighted by Crippen LogP contribution is 2.28. The number of carbonyl (C=O) groups excluding carboxylic acids is 1. The normalized spacial score (nSPS) is 10.7. The molecule has 2 aromatic rings. The van der Waals surface area contributed by atoms with Crippen molar-refractivity contribution in [1.82, 2.24) is 0 Å². The maximum Gasteiger partial charge on any atom is 0.339 e. The molecule has 6 heteroatoms. The number of thioether (sulfide) groups is 1. The lowest BCUT2D eigenvalue weighted by Gasteiger charge is -2.21. The van der Waals surface area contributed by atoms with Gasteiger partial charge < -0.3 is 14.1 Å². The smallest absolute Gasteiger partial charge is 0.339 e. The van der Waals surface area contributed by atoms with Crippen molar-refractivity contribution in [3.63, 3.8) is 0 Å². The van der Waals surface area contributed by atoms with Gasteiger partial charge in [0.2, 0.25) is 5.12 Å². The molecule has 1 aromatic heterocycles. The second-order valence-corrected chi connectivity index (χ2v) is 7.16. The number of rotatable bonds is 11. The van der Waals surface area contributed by atoms with Gasteiger partial charge in [-0.3, -0.25) is 4.79 Å². The average Bonchev–Trinajstić information content (AvgIpc) is 2.67. The summed E-state index contributed by atoms with van der Waals surface area (Å²) in [5.41, 5.74) is 1.16. The Morgan fingerprint density at radius 3 is 2.70 bits per heavy atom. The van der Waals surface area contributed by atoms with Gasteiger partial charge in [-0.2, -0.15) is 0 Å². The van der Waals surface area contributed by atoms with Gasteiger partial charge in [-0.05, 0) is 51.3 Å². The van der Waals surface area contributed by atoms with Gasteiger partial charge in [-0.25, -0.2) is 4.79 Å². The Labute approximate surface area is 164 Å². The topological polar surface area (TPSA) is 59.8 Å². The van der Waals surface area contributed by atoms with Gasteiger partial charge in [0, 0.05) is 30.6 Å². The fourth-order valence-electron chi connectivity index (χ4n) is 2.82. The average molecular weight is 390 g/mol. The van der Waals surface area contributed by atoms with Gasteiger partial charge in [0.25, 0.3) is 0 Å². The molecular weight excluding hydrogens is 362 g/mol. The molecule has 0 unspecified atom stereocenters. The van der Waals surface area contributed by atoms with Crippen LogP contribution in [0.5, 0.6) is 5.75 Å². The van der Waals surface area contributed by atoms with Crippen LogP contribution in [-0.2, 0) is 4.79 Å². The van der Waals surface area contributed by atoms with Crippen LogP contribution < -0.4 is 15.3 Å². The van der Waals surface area contributed by atoms with E-state index in [0.29, 0.717) is 17.9 Å². The Kier molecular flexibility index (Phi) is 8.45. The van der Waals surface area contributed by atoms with E-state index >= 15 is 0 Å². The highest BCUT2D eigenvalue weighted by atomic mass is 32.2. The number of anilines is 1. The van der Waals surface area contributed by atoms with Crippen molar-refractivity contribution >= 4 is 33.5 Å². The van der Waals surface area contributed by atoms with Crippen LogP contribution in [0.15, 0.2) is 46.1 Å². The molecule has 0 aliphatic heterocycles. The predicted octanol–water partition coefficient (Wildman–Crippen LogP) is 4.63. The summed E-state index contributed by atoms with van der Waals surface area (Å²) in [6, 6.07) is 7.26. The van der Waals surface area contributed by atoms with Crippen LogP contribution in [0, 0.1) is 0 Å². The van der Waals surface area contributed by atoms with E-state index in [1.807, 2.05) is 18.2 Å². The van der Waals surface area contributed by atoms with Gasteiger partial charge in [-0.1, -0.05) is 18.3 Å². The Morgan fingerprint density at radius 1 is 1.22 bits per heavy atom. The van der Waals surface area contributed by atoms with E-state index in [0.717, 1.165) is 49.2 Å². The third-order valence-electron chi connectivity index (χ3n) is 4.28. The molecule has 0 saturated carbocycles. The molecule has 0 aliphatic carbocycles. The van der Waals surface area contributed by atoms with Crippen molar-refractivity contribution in [3.05, 3.63) is 47.3 Å². The third kappa shape index (κ3) is 6.17. The van der Waals surface area contributed by atoms with Crippen LogP contribution in [0.2, 0.25) is 0 Å². The lowest BCUT2D eigenvalue weighted by atomic mass is 10.2. The minimum Gasteiger partial charge on any atom is -0.493 e. The van der Waals surface area contributed by atoms with Gasteiger partial charge in [0.15, 0.2) is 0 Å². The zero-order chi connectivity index (χ0) is 19.6. The van der Waals surface area contributed by atoms with Crippen LogP contribution in [0.3, 0.4) is 0 Å². The summed E-state index contributed by atoms with van der Waals surface area (Å²) >= 11 is 1.29. The van der Waals surface area contributed by atoms with Crippen LogP contribution in [0.1, 0.15) is 33.1 Å². The van der Waals surface area contributed by atoms with Crippen molar-refractivity contribution in [2.75, 3.05) is 30.3 Å². The number of unbranched alkanes of at least 4 members (excludes halogenated alkanes) is 2.